The molecule has 6 heteroatoms. The third kappa shape index (κ3) is 8.06. The van der Waals surface area contributed by atoms with Gasteiger partial charge in [0.05, 0.1) is 5.30 Å². The molecule has 3 rings (SSSR count). The van der Waals surface area contributed by atoms with E-state index in [1.54, 1.807) is 36.4 Å². The van der Waals surface area contributed by atoms with E-state index < -0.39 is 7.60 Å². The molecule has 0 aliphatic carbocycles. The molecule has 0 unspecified atom stereocenters. The van der Waals surface area contributed by atoms with Gasteiger partial charge in [-0.15, -0.1) is 0 Å². The zero-order valence-corrected chi connectivity index (χ0v) is 22.6. The lowest BCUT2D eigenvalue weighted by Crippen LogP contribution is -2.16. The number of hydrogen-bond acceptors (Lipinski definition) is 5. The Morgan fingerprint density at radius 3 is 1.56 bits per heavy atom. The molecule has 0 aliphatic rings. The Balaban J connectivity index is 1.93. The van der Waals surface area contributed by atoms with Crippen molar-refractivity contribution in [2.45, 2.75) is 78.1 Å². The second-order valence-electron chi connectivity index (χ2n) is 9.37. The van der Waals surface area contributed by atoms with Crippen LogP contribution in [0.1, 0.15) is 76.3 Å². The van der Waals surface area contributed by atoms with Crippen molar-refractivity contribution < 1.29 is 13.6 Å². The molecule has 194 valence electrons. The molecule has 0 atom stereocenters. The largest absolute Gasteiger partial charge is 0.462 e. The molecule has 0 fully saturated rings. The van der Waals surface area contributed by atoms with Crippen molar-refractivity contribution in [3.05, 3.63) is 77.9 Å². The van der Waals surface area contributed by atoms with Crippen LogP contribution in [0, 0.1) is 0 Å². The first-order valence-electron chi connectivity index (χ1n) is 13.3. The first-order valence-corrected chi connectivity index (χ1v) is 14.8. The molecule has 0 bridgehead atoms. The zero-order valence-electron chi connectivity index (χ0n) is 21.7. The number of benzene rings is 3. The molecule has 0 heterocycles. The van der Waals surface area contributed by atoms with E-state index in [0.29, 0.717) is 28.2 Å². The van der Waals surface area contributed by atoms with Gasteiger partial charge in [-0.05, 0) is 85.3 Å². The van der Waals surface area contributed by atoms with Gasteiger partial charge < -0.3 is 20.5 Å². The molecule has 0 saturated heterocycles. The molecular formula is C30H41N2O3P. The second kappa shape index (κ2) is 14.0. The average molecular weight is 509 g/mol. The van der Waals surface area contributed by atoms with Gasteiger partial charge in [0, 0.05) is 11.4 Å². The first kappa shape index (κ1) is 27.7. The van der Waals surface area contributed by atoms with Crippen molar-refractivity contribution in [1.29, 1.82) is 0 Å². The Kier molecular flexibility index (Phi) is 10.8. The summed E-state index contributed by atoms with van der Waals surface area (Å²) in [6, 6.07) is 20.2. The molecule has 0 amide bonds. The normalized spacial score (nSPS) is 11.4. The van der Waals surface area contributed by atoms with Gasteiger partial charge in [0.1, 0.15) is 11.5 Å². The van der Waals surface area contributed by atoms with Crippen molar-refractivity contribution in [3.8, 4) is 11.5 Å². The second-order valence-corrected chi connectivity index (χ2v) is 11.2. The van der Waals surface area contributed by atoms with Crippen molar-refractivity contribution in [1.82, 2.24) is 0 Å². The van der Waals surface area contributed by atoms with E-state index in [-0.39, 0.29) is 0 Å². The Bertz CT molecular complexity index is 1070. The number of rotatable bonds is 15. The predicted octanol–water partition coefficient (Wildman–Crippen LogP) is 8.07. The maximum Gasteiger partial charge on any atom is 0.462 e. The summed E-state index contributed by atoms with van der Waals surface area (Å²) in [4.78, 5) is 0. The first-order chi connectivity index (χ1) is 17.4. The molecule has 0 spiro atoms. The van der Waals surface area contributed by atoms with Crippen LogP contribution in [0.25, 0.3) is 0 Å². The molecule has 0 aliphatic heterocycles. The highest BCUT2D eigenvalue weighted by molar-refractivity contribution is 7.63. The Hall–Kier alpha value is -2.91. The number of nitrogens with two attached hydrogens (primary N) is 2. The smallest absolute Gasteiger partial charge is 0.413 e. The number of nitrogen functional groups attached to an aromatic ring is 2. The number of unbranched alkanes of at least 4 members (excludes halogenated alkanes) is 6. The molecule has 0 radical (unpaired) electrons. The number of anilines is 2. The van der Waals surface area contributed by atoms with Crippen molar-refractivity contribution in [2.75, 3.05) is 11.5 Å². The minimum Gasteiger partial charge on any atom is -0.413 e. The van der Waals surface area contributed by atoms with E-state index in [9.17, 15) is 4.57 Å². The van der Waals surface area contributed by atoms with Crippen LogP contribution in [-0.2, 0) is 17.4 Å². The Morgan fingerprint density at radius 1 is 0.639 bits per heavy atom. The minimum absolute atomic E-state index is 0.507. The number of aryl methyl sites for hydroxylation is 2. The van der Waals surface area contributed by atoms with Gasteiger partial charge in [0.25, 0.3) is 0 Å². The molecule has 0 aromatic heterocycles. The van der Waals surface area contributed by atoms with Crippen LogP contribution in [0.15, 0.2) is 66.7 Å². The fraction of sp³-hybridized carbons (Fsp3) is 0.400. The summed E-state index contributed by atoms with van der Waals surface area (Å²) in [6.07, 6.45) is 10.6. The average Bonchev–Trinajstić information content (AvgIpc) is 2.88. The molecule has 0 saturated carbocycles. The highest BCUT2D eigenvalue weighted by Crippen LogP contribution is 2.49. The lowest BCUT2D eigenvalue weighted by atomic mass is 10.0. The Labute approximate surface area is 216 Å². The maximum absolute atomic E-state index is 14.5. The van der Waals surface area contributed by atoms with Gasteiger partial charge in [0.15, 0.2) is 0 Å². The molecule has 3 aromatic carbocycles. The van der Waals surface area contributed by atoms with Crippen LogP contribution in [0.2, 0.25) is 0 Å². The third-order valence-corrected chi connectivity index (χ3v) is 8.08. The van der Waals surface area contributed by atoms with Crippen LogP contribution < -0.4 is 25.8 Å². The zero-order chi connectivity index (χ0) is 25.8. The lowest BCUT2D eigenvalue weighted by Gasteiger charge is -2.23. The quantitative estimate of drug-likeness (QED) is 0.123. The van der Waals surface area contributed by atoms with E-state index in [0.717, 1.165) is 49.7 Å². The van der Waals surface area contributed by atoms with Crippen LogP contribution in [0.4, 0.5) is 11.4 Å². The number of hydrogen-bond donors (Lipinski definition) is 2. The SMILES string of the molecule is CCCCCCc1cc(N)ccc1OP(=O)(Oc1ccc(N)cc1CCCCCC)c1ccccc1. The van der Waals surface area contributed by atoms with Gasteiger partial charge >= 0.3 is 7.60 Å². The van der Waals surface area contributed by atoms with Crippen LogP contribution in [0.5, 0.6) is 11.5 Å². The summed E-state index contributed by atoms with van der Waals surface area (Å²) in [5.41, 5.74) is 15.4. The van der Waals surface area contributed by atoms with Gasteiger partial charge in [-0.3, -0.25) is 0 Å². The predicted molar refractivity (Wildman–Crippen MR) is 152 cm³/mol. The molecule has 5 nitrogen and oxygen atoms in total. The van der Waals surface area contributed by atoms with E-state index in [4.69, 9.17) is 20.5 Å². The van der Waals surface area contributed by atoms with Crippen molar-refractivity contribution >= 4 is 24.3 Å². The molecule has 4 N–H and O–H groups in total. The monoisotopic (exact) mass is 508 g/mol. The molecular weight excluding hydrogens is 467 g/mol. The Morgan fingerprint density at radius 2 is 1.11 bits per heavy atom. The maximum atomic E-state index is 14.5. The van der Waals surface area contributed by atoms with Crippen LogP contribution in [0.3, 0.4) is 0 Å². The van der Waals surface area contributed by atoms with Crippen molar-refractivity contribution in [2.24, 2.45) is 0 Å². The minimum atomic E-state index is -3.77. The summed E-state index contributed by atoms with van der Waals surface area (Å²) in [5, 5.41) is 0.507. The lowest BCUT2D eigenvalue weighted by molar-refractivity contribution is 0.395. The van der Waals surface area contributed by atoms with Crippen molar-refractivity contribution in [3.63, 3.8) is 0 Å². The van der Waals surface area contributed by atoms with Crippen LogP contribution >= 0.6 is 7.60 Å². The summed E-state index contributed by atoms with van der Waals surface area (Å²) in [7, 11) is -3.77. The fourth-order valence-corrected chi connectivity index (χ4v) is 5.91. The van der Waals surface area contributed by atoms with Gasteiger partial charge in [-0.1, -0.05) is 70.6 Å². The van der Waals surface area contributed by atoms with Gasteiger partial charge in [-0.2, -0.15) is 0 Å². The molecule has 36 heavy (non-hydrogen) atoms. The van der Waals surface area contributed by atoms with E-state index >= 15 is 0 Å². The van der Waals surface area contributed by atoms with Crippen LogP contribution in [-0.4, -0.2) is 0 Å². The van der Waals surface area contributed by atoms with E-state index in [1.165, 1.54) is 25.7 Å². The third-order valence-electron chi connectivity index (χ3n) is 6.28. The fourth-order valence-electron chi connectivity index (χ4n) is 4.25. The standard InChI is InChI=1S/C30H41N2O3P/c1-3-5-7-10-14-24-22-26(31)18-20-29(24)34-36(33,28-16-12-9-13-17-28)35-30-21-19-27(32)23-25(30)15-11-8-6-4-2/h9,12-13,16-23H,3-8,10-11,14-15,31-32H2,1-2H3. The highest BCUT2D eigenvalue weighted by atomic mass is 31.2. The van der Waals surface area contributed by atoms with Gasteiger partial charge in [-0.25, -0.2) is 4.57 Å². The summed E-state index contributed by atoms with van der Waals surface area (Å²) in [5.74, 6) is 1.10. The molecule has 3 aromatic rings. The summed E-state index contributed by atoms with van der Waals surface area (Å²) >= 11 is 0. The topological polar surface area (TPSA) is 87.6 Å². The van der Waals surface area contributed by atoms with E-state index in [1.807, 2.05) is 30.3 Å². The summed E-state index contributed by atoms with van der Waals surface area (Å²) in [6.45, 7) is 4.38. The summed E-state index contributed by atoms with van der Waals surface area (Å²) < 4.78 is 27.1. The van der Waals surface area contributed by atoms with Gasteiger partial charge in [0.2, 0.25) is 0 Å². The van der Waals surface area contributed by atoms with E-state index in [2.05, 4.69) is 13.8 Å². The highest BCUT2D eigenvalue weighted by Gasteiger charge is 2.33.